The summed E-state index contributed by atoms with van der Waals surface area (Å²) in [5.41, 5.74) is 9.34. The van der Waals surface area contributed by atoms with E-state index < -0.39 is 36.2 Å². The summed E-state index contributed by atoms with van der Waals surface area (Å²) >= 11 is 0. The molecule has 2 aliphatic rings. The maximum atomic E-state index is 14.7. The van der Waals surface area contributed by atoms with Crippen LogP contribution in [0.3, 0.4) is 0 Å². The van der Waals surface area contributed by atoms with Crippen LogP contribution in [0, 0.1) is 0 Å². The van der Waals surface area contributed by atoms with Crippen molar-refractivity contribution >= 4 is 23.4 Å². The number of likely N-dealkylation sites (tertiary alicyclic amines) is 1. The zero-order valence-electron chi connectivity index (χ0n) is 23.2. The lowest BCUT2D eigenvalue weighted by atomic mass is 9.96. The lowest BCUT2D eigenvalue weighted by Crippen LogP contribution is -2.49. The number of nitrogens with zero attached hydrogens (tertiary/aromatic N) is 2. The van der Waals surface area contributed by atoms with Crippen LogP contribution >= 0.6 is 0 Å². The number of nitrogens with two attached hydrogens (primary N) is 1. The highest BCUT2D eigenvalue weighted by molar-refractivity contribution is 5.94. The van der Waals surface area contributed by atoms with Crippen molar-refractivity contribution in [2.45, 2.75) is 57.1 Å². The normalized spacial score (nSPS) is 21.4. The minimum absolute atomic E-state index is 0.0867. The molecule has 214 valence electrons. The van der Waals surface area contributed by atoms with E-state index >= 15 is 0 Å². The molecule has 41 heavy (non-hydrogen) atoms. The number of ether oxygens (including phenoxy) is 1. The van der Waals surface area contributed by atoms with Crippen LogP contribution in [0.4, 0.5) is 10.1 Å². The molecule has 3 N–H and O–H groups in total. The van der Waals surface area contributed by atoms with Gasteiger partial charge in [0.2, 0.25) is 17.7 Å². The number of para-hydroxylation sites is 2. The number of carbonyl (C=O) groups excluding carboxylic acids is 3. The number of alkyl halides is 1. The van der Waals surface area contributed by atoms with E-state index in [4.69, 9.17) is 10.5 Å². The Hall–Kier alpha value is -4.24. The van der Waals surface area contributed by atoms with Crippen LogP contribution in [0.2, 0.25) is 0 Å². The molecule has 1 saturated heterocycles. The van der Waals surface area contributed by atoms with Crippen LogP contribution in [0.25, 0.3) is 0 Å². The third-order valence-corrected chi connectivity index (χ3v) is 7.71. The van der Waals surface area contributed by atoms with Gasteiger partial charge >= 0.3 is 0 Å². The Kier molecular flexibility index (Phi) is 8.35. The van der Waals surface area contributed by atoms with E-state index in [0.717, 1.165) is 16.7 Å². The highest BCUT2D eigenvalue weighted by Gasteiger charge is 2.42. The third-order valence-electron chi connectivity index (χ3n) is 7.71. The van der Waals surface area contributed by atoms with Gasteiger partial charge in [-0.15, -0.1) is 0 Å². The first-order valence-corrected chi connectivity index (χ1v) is 13.9. The van der Waals surface area contributed by atoms with Crippen LogP contribution in [0.1, 0.15) is 55.5 Å². The fraction of sp³-hybridized carbons (Fsp3) is 0.344. The van der Waals surface area contributed by atoms with Crippen molar-refractivity contribution in [1.82, 2.24) is 10.2 Å². The second-order valence-corrected chi connectivity index (χ2v) is 10.7. The first kappa shape index (κ1) is 28.3. The molecule has 3 aromatic carbocycles. The molecule has 1 fully saturated rings. The standard InChI is InChI=1S/C32H35FN4O4/c1-20(34)22-12-14-24(15-13-22)31(23-8-4-3-5-9-23)35-32(40)28-16-25(33)18-37(28)30(39)17-26-19-36(21(2)38)27-10-6-7-11-29(27)41-26/h3-15,20,25-26,28,31H,16-19,34H2,1-2H3,(H,35,40)/t20?,25-,26?,28+,31+/m1/s1. The molecule has 0 spiro atoms. The van der Waals surface area contributed by atoms with Gasteiger partial charge in [0.05, 0.1) is 31.2 Å². The minimum Gasteiger partial charge on any atom is -0.486 e. The number of anilines is 1. The highest BCUT2D eigenvalue weighted by Crippen LogP contribution is 2.34. The average Bonchev–Trinajstić information content (AvgIpc) is 3.37. The van der Waals surface area contributed by atoms with E-state index in [0.29, 0.717) is 11.4 Å². The van der Waals surface area contributed by atoms with Gasteiger partial charge in [-0.05, 0) is 35.7 Å². The zero-order chi connectivity index (χ0) is 29.1. The van der Waals surface area contributed by atoms with Gasteiger partial charge in [-0.2, -0.15) is 0 Å². The minimum atomic E-state index is -1.32. The van der Waals surface area contributed by atoms with Gasteiger partial charge in [-0.3, -0.25) is 14.4 Å². The maximum Gasteiger partial charge on any atom is 0.243 e. The predicted molar refractivity (Wildman–Crippen MR) is 154 cm³/mol. The lowest BCUT2D eigenvalue weighted by Gasteiger charge is -2.35. The molecule has 5 atom stereocenters. The lowest BCUT2D eigenvalue weighted by molar-refractivity contribution is -0.140. The first-order chi connectivity index (χ1) is 19.7. The van der Waals surface area contributed by atoms with Crippen molar-refractivity contribution < 1.29 is 23.5 Å². The summed E-state index contributed by atoms with van der Waals surface area (Å²) in [7, 11) is 0. The van der Waals surface area contributed by atoms with E-state index in [-0.39, 0.29) is 37.9 Å². The number of nitrogens with one attached hydrogen (secondary N) is 1. The summed E-state index contributed by atoms with van der Waals surface area (Å²) in [5, 5.41) is 3.07. The number of rotatable bonds is 7. The molecule has 0 bridgehead atoms. The Labute approximate surface area is 239 Å². The fourth-order valence-corrected chi connectivity index (χ4v) is 5.56. The molecule has 3 amide bonds. The van der Waals surface area contributed by atoms with Crippen molar-refractivity contribution in [3.63, 3.8) is 0 Å². The monoisotopic (exact) mass is 558 g/mol. The third kappa shape index (κ3) is 6.25. The Morgan fingerprint density at radius 1 is 0.951 bits per heavy atom. The Bertz CT molecular complexity index is 1400. The smallest absolute Gasteiger partial charge is 0.243 e. The Morgan fingerprint density at radius 2 is 1.59 bits per heavy atom. The van der Waals surface area contributed by atoms with Gasteiger partial charge < -0.3 is 25.6 Å². The largest absolute Gasteiger partial charge is 0.486 e. The quantitative estimate of drug-likeness (QED) is 0.455. The van der Waals surface area contributed by atoms with Crippen LogP contribution in [0.15, 0.2) is 78.9 Å². The van der Waals surface area contributed by atoms with Gasteiger partial charge in [-0.25, -0.2) is 4.39 Å². The van der Waals surface area contributed by atoms with Crippen LogP contribution in [0.5, 0.6) is 5.75 Å². The number of amides is 3. The summed E-state index contributed by atoms with van der Waals surface area (Å²) in [6, 6.07) is 22.8. The van der Waals surface area contributed by atoms with Crippen LogP contribution < -0.4 is 20.7 Å². The molecule has 9 heteroatoms. The van der Waals surface area contributed by atoms with Gasteiger partial charge in [0.25, 0.3) is 0 Å². The van der Waals surface area contributed by atoms with Gasteiger partial charge in [-0.1, -0.05) is 66.7 Å². The van der Waals surface area contributed by atoms with Crippen molar-refractivity contribution in [3.8, 4) is 5.75 Å². The number of hydrogen-bond acceptors (Lipinski definition) is 5. The van der Waals surface area contributed by atoms with Crippen molar-refractivity contribution in [2.24, 2.45) is 5.73 Å². The molecule has 2 unspecified atom stereocenters. The number of carbonyl (C=O) groups is 3. The average molecular weight is 559 g/mol. The number of halogens is 1. The molecule has 0 aromatic heterocycles. The van der Waals surface area contributed by atoms with Gasteiger partial charge in [0, 0.05) is 19.4 Å². The van der Waals surface area contributed by atoms with Crippen molar-refractivity contribution in [1.29, 1.82) is 0 Å². The van der Waals surface area contributed by atoms with Crippen molar-refractivity contribution in [2.75, 3.05) is 18.0 Å². The SMILES string of the molecule is CC(=O)N1CC(CC(=O)N2C[C@H](F)C[C@H]2C(=O)N[C@@H](c2ccccc2)c2ccc(C(C)N)cc2)Oc2ccccc21. The number of fused-ring (bicyclic) bond motifs is 1. The predicted octanol–water partition coefficient (Wildman–Crippen LogP) is 4.06. The van der Waals surface area contributed by atoms with Crippen molar-refractivity contribution in [3.05, 3.63) is 95.6 Å². The summed E-state index contributed by atoms with van der Waals surface area (Å²) in [6.45, 7) is 3.38. The van der Waals surface area contributed by atoms with Crippen LogP contribution in [-0.2, 0) is 14.4 Å². The van der Waals surface area contributed by atoms with E-state index in [1.807, 2.05) is 67.6 Å². The summed E-state index contributed by atoms with van der Waals surface area (Å²) in [6.07, 6.45) is -2.12. The number of benzene rings is 3. The molecule has 2 aliphatic heterocycles. The summed E-state index contributed by atoms with van der Waals surface area (Å²) in [5.74, 6) is -0.479. The topological polar surface area (TPSA) is 105 Å². The highest BCUT2D eigenvalue weighted by atomic mass is 19.1. The number of hydrogen-bond donors (Lipinski definition) is 2. The Balaban J connectivity index is 1.33. The molecule has 3 aromatic rings. The Morgan fingerprint density at radius 3 is 2.27 bits per heavy atom. The molecule has 0 saturated carbocycles. The summed E-state index contributed by atoms with van der Waals surface area (Å²) < 4.78 is 20.7. The molecule has 2 heterocycles. The van der Waals surface area contributed by atoms with E-state index in [1.165, 1.54) is 11.8 Å². The zero-order valence-corrected chi connectivity index (χ0v) is 23.2. The molecule has 0 radical (unpaired) electrons. The maximum absolute atomic E-state index is 14.7. The second kappa shape index (κ2) is 12.1. The van der Waals surface area contributed by atoms with E-state index in [1.54, 1.807) is 23.1 Å². The van der Waals surface area contributed by atoms with E-state index in [2.05, 4.69) is 5.32 Å². The van der Waals surface area contributed by atoms with Gasteiger partial charge in [0.1, 0.15) is 24.1 Å². The van der Waals surface area contributed by atoms with E-state index in [9.17, 15) is 18.8 Å². The second-order valence-electron chi connectivity index (χ2n) is 10.7. The van der Waals surface area contributed by atoms with Crippen LogP contribution in [-0.4, -0.2) is 54.0 Å². The molecule has 0 aliphatic carbocycles. The van der Waals surface area contributed by atoms with Gasteiger partial charge in [0.15, 0.2) is 0 Å². The first-order valence-electron chi connectivity index (χ1n) is 13.9. The summed E-state index contributed by atoms with van der Waals surface area (Å²) in [4.78, 5) is 42.3. The molecule has 5 rings (SSSR count). The molecular formula is C32H35FN4O4. The molecule has 8 nitrogen and oxygen atoms in total. The fourth-order valence-electron chi connectivity index (χ4n) is 5.56. The molecular weight excluding hydrogens is 523 g/mol.